The normalized spacial score (nSPS) is 14.4. The Hall–Kier alpha value is -3.49. The maximum Gasteiger partial charge on any atom is 0.229 e. The van der Waals surface area contributed by atoms with Crippen LogP contribution in [0.4, 0.5) is 17.5 Å². The molecule has 6 rings (SSSR count). The van der Waals surface area contributed by atoms with Crippen molar-refractivity contribution in [3.05, 3.63) is 60.9 Å². The molecule has 5 heterocycles. The second-order valence-corrected chi connectivity index (χ2v) is 8.64. The minimum atomic E-state index is 0.555. The fourth-order valence-corrected chi connectivity index (χ4v) is 5.02. The van der Waals surface area contributed by atoms with Gasteiger partial charge < -0.3 is 20.5 Å². The average Bonchev–Trinajstić information content (AvgIpc) is 3.46. The first-order valence-corrected chi connectivity index (χ1v) is 11.2. The van der Waals surface area contributed by atoms with Gasteiger partial charge in [-0.2, -0.15) is 4.98 Å². The van der Waals surface area contributed by atoms with Gasteiger partial charge in [0.15, 0.2) is 0 Å². The summed E-state index contributed by atoms with van der Waals surface area (Å²) in [5, 5.41) is 8.94. The van der Waals surface area contributed by atoms with Crippen LogP contribution in [0, 0.1) is 0 Å². The summed E-state index contributed by atoms with van der Waals surface area (Å²) in [6, 6.07) is 16.7. The van der Waals surface area contributed by atoms with E-state index in [4.69, 9.17) is 4.98 Å². The van der Waals surface area contributed by atoms with E-state index in [9.17, 15) is 0 Å². The van der Waals surface area contributed by atoms with Crippen molar-refractivity contribution in [2.45, 2.75) is 0 Å². The molecule has 0 bridgehead atoms. The second kappa shape index (κ2) is 7.64. The first-order valence-electron chi connectivity index (χ1n) is 10.4. The molecule has 1 aromatic carbocycles. The maximum atomic E-state index is 4.87. The Bertz CT molecular complexity index is 1320. The van der Waals surface area contributed by atoms with Crippen molar-refractivity contribution >= 4 is 49.9 Å². The highest BCUT2D eigenvalue weighted by Crippen LogP contribution is 2.36. The van der Waals surface area contributed by atoms with Gasteiger partial charge >= 0.3 is 0 Å². The molecule has 154 valence electrons. The number of fused-ring (bicyclic) bond motifs is 2. The van der Waals surface area contributed by atoms with Gasteiger partial charge in [0.05, 0.1) is 22.5 Å². The van der Waals surface area contributed by atoms with E-state index in [1.807, 2.05) is 30.6 Å². The van der Waals surface area contributed by atoms with Crippen molar-refractivity contribution in [3.8, 4) is 10.6 Å². The number of aromatic amines is 1. The molecule has 1 aliphatic rings. The number of thiophene rings is 1. The molecule has 0 spiro atoms. The van der Waals surface area contributed by atoms with Crippen LogP contribution in [0.1, 0.15) is 0 Å². The summed E-state index contributed by atoms with van der Waals surface area (Å²) in [7, 11) is 0. The zero-order valence-electron chi connectivity index (χ0n) is 16.8. The van der Waals surface area contributed by atoms with Crippen LogP contribution in [0.25, 0.3) is 31.7 Å². The van der Waals surface area contributed by atoms with E-state index in [2.05, 4.69) is 60.8 Å². The number of anilines is 3. The van der Waals surface area contributed by atoms with Crippen molar-refractivity contribution in [1.82, 2.24) is 25.3 Å². The highest BCUT2D eigenvalue weighted by Gasteiger charge is 2.15. The summed E-state index contributed by atoms with van der Waals surface area (Å²) >= 11 is 1.75. The lowest BCUT2D eigenvalue weighted by Crippen LogP contribution is -2.43. The summed E-state index contributed by atoms with van der Waals surface area (Å²) in [5.41, 5.74) is 2.61. The molecular formula is C23H21N7S. The Kier molecular flexibility index (Phi) is 4.51. The molecule has 0 aliphatic carbocycles. The van der Waals surface area contributed by atoms with Crippen LogP contribution in [0.5, 0.6) is 0 Å². The number of H-pyrrole nitrogens is 1. The summed E-state index contributed by atoms with van der Waals surface area (Å²) in [6.45, 7) is 3.94. The maximum absolute atomic E-state index is 4.87. The number of nitrogens with zero attached hydrogens (tertiary/aromatic N) is 4. The van der Waals surface area contributed by atoms with Crippen molar-refractivity contribution in [1.29, 1.82) is 0 Å². The Morgan fingerprint density at radius 1 is 1.00 bits per heavy atom. The predicted molar refractivity (Wildman–Crippen MR) is 127 cm³/mol. The van der Waals surface area contributed by atoms with E-state index >= 15 is 0 Å². The fraction of sp³-hybridized carbons (Fsp3) is 0.174. The molecule has 0 radical (unpaired) electrons. The Morgan fingerprint density at radius 2 is 1.90 bits per heavy atom. The largest absolute Gasteiger partial charge is 0.354 e. The second-order valence-electron chi connectivity index (χ2n) is 7.55. The summed E-state index contributed by atoms with van der Waals surface area (Å²) in [6.07, 6.45) is 3.75. The van der Waals surface area contributed by atoms with Crippen LogP contribution < -0.4 is 15.5 Å². The number of pyridine rings is 1. The standard InChI is InChI=1S/C23H21N7S/c1-2-4-18-15(3-1)13-19(31-18)21-17-7-8-25-22(17)29-23(28-21)27-16-5-6-20(26-14-16)30-11-9-24-10-12-30/h1-8,13-14,24H,9-12H2,(H2,25,27,28,29). The highest BCUT2D eigenvalue weighted by molar-refractivity contribution is 7.22. The third-order valence-corrected chi connectivity index (χ3v) is 6.64. The summed E-state index contributed by atoms with van der Waals surface area (Å²) < 4.78 is 1.25. The van der Waals surface area contributed by atoms with Crippen LogP contribution in [-0.4, -0.2) is 46.1 Å². The third kappa shape index (κ3) is 3.49. The minimum absolute atomic E-state index is 0.555. The molecule has 0 unspecified atom stereocenters. The minimum Gasteiger partial charge on any atom is -0.354 e. The van der Waals surface area contributed by atoms with E-state index in [0.29, 0.717) is 5.95 Å². The molecule has 31 heavy (non-hydrogen) atoms. The van der Waals surface area contributed by atoms with Crippen LogP contribution in [0.2, 0.25) is 0 Å². The smallest absolute Gasteiger partial charge is 0.229 e. The Morgan fingerprint density at radius 3 is 2.74 bits per heavy atom. The van der Waals surface area contributed by atoms with Crippen LogP contribution in [-0.2, 0) is 0 Å². The van der Waals surface area contributed by atoms with Crippen molar-refractivity contribution in [2.75, 3.05) is 36.4 Å². The fourth-order valence-electron chi connectivity index (χ4n) is 3.95. The third-order valence-electron chi connectivity index (χ3n) is 5.52. The summed E-state index contributed by atoms with van der Waals surface area (Å²) in [4.78, 5) is 20.8. The number of benzene rings is 1. The predicted octanol–water partition coefficient (Wildman–Crippen LogP) is 4.39. The van der Waals surface area contributed by atoms with Crippen LogP contribution in [0.3, 0.4) is 0 Å². The molecule has 5 aromatic rings. The van der Waals surface area contributed by atoms with E-state index in [0.717, 1.165) is 59.3 Å². The first-order chi connectivity index (χ1) is 15.3. The van der Waals surface area contributed by atoms with Crippen molar-refractivity contribution in [2.24, 2.45) is 0 Å². The van der Waals surface area contributed by atoms with Gasteiger partial charge in [0.1, 0.15) is 11.5 Å². The van der Waals surface area contributed by atoms with Crippen LogP contribution in [0.15, 0.2) is 60.9 Å². The molecule has 1 fully saturated rings. The highest BCUT2D eigenvalue weighted by atomic mass is 32.1. The zero-order valence-corrected chi connectivity index (χ0v) is 17.6. The molecule has 1 aliphatic heterocycles. The number of hydrogen-bond acceptors (Lipinski definition) is 7. The molecule has 3 N–H and O–H groups in total. The van der Waals surface area contributed by atoms with Gasteiger partial charge in [0.25, 0.3) is 0 Å². The van der Waals surface area contributed by atoms with Gasteiger partial charge in [0.2, 0.25) is 5.95 Å². The van der Waals surface area contributed by atoms with E-state index in [-0.39, 0.29) is 0 Å². The molecule has 7 nitrogen and oxygen atoms in total. The zero-order chi connectivity index (χ0) is 20.6. The lowest BCUT2D eigenvalue weighted by Gasteiger charge is -2.28. The summed E-state index contributed by atoms with van der Waals surface area (Å²) in [5.74, 6) is 1.55. The van der Waals surface area contributed by atoms with Gasteiger partial charge in [-0.05, 0) is 35.7 Å². The molecular weight excluding hydrogens is 406 g/mol. The molecule has 0 atom stereocenters. The van der Waals surface area contributed by atoms with Gasteiger partial charge in [-0.3, -0.25) is 0 Å². The van der Waals surface area contributed by atoms with Crippen LogP contribution >= 0.6 is 11.3 Å². The van der Waals surface area contributed by atoms with Crippen molar-refractivity contribution in [3.63, 3.8) is 0 Å². The number of hydrogen-bond donors (Lipinski definition) is 3. The Balaban J connectivity index is 1.33. The molecule has 4 aromatic heterocycles. The van der Waals surface area contributed by atoms with E-state index < -0.39 is 0 Å². The number of aromatic nitrogens is 4. The Labute approximate surface area is 183 Å². The van der Waals surface area contributed by atoms with Gasteiger partial charge in [-0.15, -0.1) is 11.3 Å². The van der Waals surface area contributed by atoms with E-state index in [1.54, 1.807) is 11.3 Å². The molecule has 0 saturated carbocycles. The van der Waals surface area contributed by atoms with E-state index in [1.165, 1.54) is 10.1 Å². The van der Waals surface area contributed by atoms with Gasteiger partial charge in [-0.1, -0.05) is 18.2 Å². The lowest BCUT2D eigenvalue weighted by atomic mass is 10.2. The average molecular weight is 428 g/mol. The monoisotopic (exact) mass is 427 g/mol. The van der Waals surface area contributed by atoms with Gasteiger partial charge in [-0.25, -0.2) is 9.97 Å². The molecule has 1 saturated heterocycles. The van der Waals surface area contributed by atoms with Gasteiger partial charge in [0, 0.05) is 42.5 Å². The topological polar surface area (TPSA) is 81.8 Å². The quantitative estimate of drug-likeness (QED) is 0.395. The first kappa shape index (κ1) is 18.3. The molecule has 0 amide bonds. The number of nitrogens with one attached hydrogen (secondary N) is 3. The molecule has 8 heteroatoms. The van der Waals surface area contributed by atoms with Crippen molar-refractivity contribution < 1.29 is 0 Å². The lowest BCUT2D eigenvalue weighted by molar-refractivity contribution is 0.585. The SMILES string of the molecule is c1ccc2sc(-c3nc(Nc4ccc(N5CCNCC5)nc4)nc4[nH]ccc34)cc2c1. The number of piperazine rings is 1. The number of rotatable bonds is 4.